The molecule has 1 aliphatic rings. The Hall–Kier alpha value is -2.92. The normalized spacial score (nSPS) is 15.0. The fourth-order valence-corrected chi connectivity index (χ4v) is 5.51. The average Bonchev–Trinajstić information content (AvgIpc) is 3.38. The minimum atomic E-state index is -0.645. The Kier molecular flexibility index (Phi) is 8.53. The largest absolute Gasteiger partial charge is 0.351 e. The maximum atomic E-state index is 13.8. The second-order valence-corrected chi connectivity index (χ2v) is 10.2. The summed E-state index contributed by atoms with van der Waals surface area (Å²) in [5, 5.41) is 5.32. The van der Waals surface area contributed by atoms with Crippen LogP contribution in [0.5, 0.6) is 0 Å². The Morgan fingerprint density at radius 3 is 2.41 bits per heavy atom. The van der Waals surface area contributed by atoms with Crippen LogP contribution in [0.25, 0.3) is 0 Å². The van der Waals surface area contributed by atoms with Crippen molar-refractivity contribution in [3.63, 3.8) is 0 Å². The third-order valence-electron chi connectivity index (χ3n) is 6.69. The van der Waals surface area contributed by atoms with Crippen LogP contribution in [0.2, 0.25) is 0 Å². The number of thiophene rings is 1. The van der Waals surface area contributed by atoms with Crippen molar-refractivity contribution in [2.75, 3.05) is 0 Å². The van der Waals surface area contributed by atoms with E-state index in [0.717, 1.165) is 47.3 Å². The third-order valence-corrected chi connectivity index (χ3v) is 7.55. The first-order valence-electron chi connectivity index (χ1n) is 12.3. The van der Waals surface area contributed by atoms with Crippen LogP contribution >= 0.6 is 11.3 Å². The summed E-state index contributed by atoms with van der Waals surface area (Å²) in [6.45, 7) is 2.45. The summed E-state index contributed by atoms with van der Waals surface area (Å²) in [6, 6.07) is 21.6. The molecule has 2 aromatic carbocycles. The molecule has 0 spiro atoms. The van der Waals surface area contributed by atoms with Gasteiger partial charge >= 0.3 is 0 Å². The van der Waals surface area contributed by atoms with E-state index >= 15 is 0 Å². The second kappa shape index (κ2) is 12.0. The summed E-state index contributed by atoms with van der Waals surface area (Å²) < 4.78 is 0. The van der Waals surface area contributed by atoms with Gasteiger partial charge in [0.2, 0.25) is 11.8 Å². The van der Waals surface area contributed by atoms with E-state index in [1.165, 1.54) is 6.42 Å². The molecule has 178 valence electrons. The summed E-state index contributed by atoms with van der Waals surface area (Å²) in [7, 11) is 0. The highest BCUT2D eigenvalue weighted by atomic mass is 32.1. The highest BCUT2D eigenvalue weighted by Crippen LogP contribution is 2.29. The molecular weight excluding hydrogens is 440 g/mol. The molecule has 1 atom stereocenters. The number of hydrogen-bond acceptors (Lipinski definition) is 3. The van der Waals surface area contributed by atoms with Gasteiger partial charge in [0.1, 0.15) is 6.04 Å². The summed E-state index contributed by atoms with van der Waals surface area (Å²) in [5.74, 6) is -0.0601. The first-order chi connectivity index (χ1) is 16.6. The highest BCUT2D eigenvalue weighted by molar-refractivity contribution is 7.09. The number of rotatable bonds is 9. The molecule has 1 N–H and O–H groups in total. The zero-order chi connectivity index (χ0) is 23.8. The van der Waals surface area contributed by atoms with Crippen molar-refractivity contribution >= 4 is 23.2 Å². The fourth-order valence-electron chi connectivity index (χ4n) is 4.80. The number of aryl methyl sites for hydroxylation is 2. The lowest BCUT2D eigenvalue weighted by atomic mass is 9.93. The van der Waals surface area contributed by atoms with Gasteiger partial charge in [-0.3, -0.25) is 9.59 Å². The van der Waals surface area contributed by atoms with Crippen molar-refractivity contribution in [1.82, 2.24) is 10.2 Å². The van der Waals surface area contributed by atoms with E-state index in [9.17, 15) is 9.59 Å². The number of hydrogen-bond donors (Lipinski definition) is 1. The number of benzene rings is 2. The Morgan fingerprint density at radius 1 is 0.971 bits per heavy atom. The maximum Gasteiger partial charge on any atom is 0.247 e. The van der Waals surface area contributed by atoms with Crippen molar-refractivity contribution in [2.24, 2.45) is 0 Å². The van der Waals surface area contributed by atoms with E-state index in [0.29, 0.717) is 19.4 Å². The molecule has 34 heavy (non-hydrogen) atoms. The van der Waals surface area contributed by atoms with Gasteiger partial charge in [-0.15, -0.1) is 11.3 Å². The summed E-state index contributed by atoms with van der Waals surface area (Å²) in [5.41, 5.74) is 3.06. The van der Waals surface area contributed by atoms with Gasteiger partial charge in [0.15, 0.2) is 0 Å². The van der Waals surface area contributed by atoms with Crippen molar-refractivity contribution in [3.8, 4) is 0 Å². The number of carbonyl (C=O) groups excluding carboxylic acids is 2. The summed E-state index contributed by atoms with van der Waals surface area (Å²) in [4.78, 5) is 30.4. The number of carbonyl (C=O) groups is 2. The van der Waals surface area contributed by atoms with Crippen LogP contribution in [0.1, 0.15) is 66.1 Å². The van der Waals surface area contributed by atoms with Crippen molar-refractivity contribution < 1.29 is 9.59 Å². The lowest BCUT2D eigenvalue weighted by Crippen LogP contribution is -2.47. The zero-order valence-electron chi connectivity index (χ0n) is 19.9. The van der Waals surface area contributed by atoms with E-state index in [1.54, 1.807) is 16.2 Å². The molecule has 0 saturated heterocycles. The van der Waals surface area contributed by atoms with E-state index < -0.39 is 6.04 Å². The van der Waals surface area contributed by atoms with Gasteiger partial charge in [0.05, 0.1) is 6.54 Å². The minimum absolute atomic E-state index is 0.00398. The number of nitrogens with zero attached hydrogens (tertiary/aromatic N) is 1. The van der Waals surface area contributed by atoms with Crippen LogP contribution in [0.15, 0.2) is 72.1 Å². The minimum Gasteiger partial charge on any atom is -0.351 e. The zero-order valence-corrected chi connectivity index (χ0v) is 20.7. The lowest BCUT2D eigenvalue weighted by molar-refractivity contribution is -0.142. The Morgan fingerprint density at radius 2 is 1.71 bits per heavy atom. The van der Waals surface area contributed by atoms with Crippen LogP contribution in [-0.2, 0) is 22.6 Å². The van der Waals surface area contributed by atoms with E-state index in [1.807, 2.05) is 79.0 Å². The molecule has 1 aromatic heterocycles. The molecule has 1 aliphatic carbocycles. The van der Waals surface area contributed by atoms with Crippen LogP contribution in [0, 0.1) is 6.92 Å². The van der Waals surface area contributed by atoms with E-state index in [2.05, 4.69) is 5.32 Å². The number of amides is 2. The molecule has 0 bridgehead atoms. The predicted molar refractivity (Wildman–Crippen MR) is 139 cm³/mol. The first-order valence-corrected chi connectivity index (χ1v) is 13.2. The highest BCUT2D eigenvalue weighted by Gasteiger charge is 2.33. The first kappa shape index (κ1) is 24.2. The van der Waals surface area contributed by atoms with Crippen LogP contribution < -0.4 is 5.32 Å². The van der Waals surface area contributed by atoms with Gasteiger partial charge in [0.25, 0.3) is 0 Å². The van der Waals surface area contributed by atoms with Crippen molar-refractivity contribution in [3.05, 3.63) is 93.7 Å². The average molecular weight is 475 g/mol. The standard InChI is InChI=1S/C29H34N2O2S/c1-22-11-8-9-17-26(22)28(29(33)30-24-14-6-3-7-15-24)31(21-25-16-10-20-34-25)27(32)19-18-23-12-4-2-5-13-23/h2,4-5,8-13,16-17,20,24,28H,3,6-7,14-15,18-19,21H2,1H3,(H,30,33). The van der Waals surface area contributed by atoms with E-state index in [4.69, 9.17) is 0 Å². The fraction of sp³-hybridized carbons (Fsp3) is 0.379. The van der Waals surface area contributed by atoms with Gasteiger partial charge < -0.3 is 10.2 Å². The maximum absolute atomic E-state index is 13.8. The molecule has 1 fully saturated rings. The summed E-state index contributed by atoms with van der Waals surface area (Å²) in [6.07, 6.45) is 6.58. The molecule has 4 nitrogen and oxygen atoms in total. The number of nitrogens with one attached hydrogen (secondary N) is 1. The second-order valence-electron chi connectivity index (χ2n) is 9.19. The molecule has 2 amide bonds. The van der Waals surface area contributed by atoms with Crippen LogP contribution in [0.3, 0.4) is 0 Å². The Bertz CT molecular complexity index is 1060. The molecule has 4 rings (SSSR count). The van der Waals surface area contributed by atoms with Gasteiger partial charge in [-0.1, -0.05) is 79.9 Å². The van der Waals surface area contributed by atoms with E-state index in [-0.39, 0.29) is 17.9 Å². The predicted octanol–water partition coefficient (Wildman–Crippen LogP) is 6.21. The van der Waals surface area contributed by atoms with Gasteiger partial charge in [-0.2, -0.15) is 0 Å². The monoisotopic (exact) mass is 474 g/mol. The Balaban J connectivity index is 1.63. The molecule has 3 aromatic rings. The quantitative estimate of drug-likeness (QED) is 0.401. The topological polar surface area (TPSA) is 49.4 Å². The Labute approximate surface area is 207 Å². The summed E-state index contributed by atoms with van der Waals surface area (Å²) >= 11 is 1.62. The van der Waals surface area contributed by atoms with Crippen molar-refractivity contribution in [2.45, 2.75) is 70.5 Å². The molecule has 0 aliphatic heterocycles. The molecule has 1 heterocycles. The molecule has 0 radical (unpaired) electrons. The molecule has 1 unspecified atom stereocenters. The van der Waals surface area contributed by atoms with Gasteiger partial charge in [0, 0.05) is 17.3 Å². The van der Waals surface area contributed by atoms with Crippen LogP contribution in [0.4, 0.5) is 0 Å². The molecular formula is C29H34N2O2S. The molecule has 5 heteroatoms. The third kappa shape index (κ3) is 6.35. The smallest absolute Gasteiger partial charge is 0.247 e. The van der Waals surface area contributed by atoms with Gasteiger partial charge in [-0.25, -0.2) is 0 Å². The SMILES string of the molecule is Cc1ccccc1C(C(=O)NC1CCCCC1)N(Cc1cccs1)C(=O)CCc1ccccc1. The van der Waals surface area contributed by atoms with Crippen LogP contribution in [-0.4, -0.2) is 22.8 Å². The van der Waals surface area contributed by atoms with Crippen molar-refractivity contribution in [1.29, 1.82) is 0 Å². The molecule has 1 saturated carbocycles. The lowest BCUT2D eigenvalue weighted by Gasteiger charge is -2.34. The van der Waals surface area contributed by atoms with Gasteiger partial charge in [-0.05, 0) is 54.3 Å².